The monoisotopic (exact) mass is 302 g/mol. The number of anilines is 1. The second-order valence-corrected chi connectivity index (χ2v) is 6.05. The van der Waals surface area contributed by atoms with Gasteiger partial charge in [-0.1, -0.05) is 30.8 Å². The molecule has 1 fully saturated rings. The van der Waals surface area contributed by atoms with Crippen LogP contribution >= 0.6 is 0 Å². The minimum absolute atomic E-state index is 0.227. The van der Waals surface area contributed by atoms with Crippen LogP contribution in [0.3, 0.4) is 0 Å². The zero-order chi connectivity index (χ0) is 15.5. The lowest BCUT2D eigenvalue weighted by Crippen LogP contribution is -2.13. The number of carbonyl (C=O) groups excluding carboxylic acids is 1. The van der Waals surface area contributed by atoms with Gasteiger partial charge < -0.3 is 9.84 Å². The Labute approximate surface area is 129 Å². The predicted octanol–water partition coefficient (Wildman–Crippen LogP) is 3.70. The smallest absolute Gasteiger partial charge is 0.262 e. The summed E-state index contributed by atoms with van der Waals surface area (Å²) in [4.78, 5) is 12.3. The first-order chi connectivity index (χ1) is 10.6. The summed E-state index contributed by atoms with van der Waals surface area (Å²) in [6.45, 7) is 3.49. The molecule has 0 spiro atoms. The molecule has 1 saturated carbocycles. The van der Waals surface area contributed by atoms with Crippen LogP contribution in [0.1, 0.15) is 71.9 Å². The summed E-state index contributed by atoms with van der Waals surface area (Å²) in [6.07, 6.45) is 7.56. The number of nitrogens with one attached hydrogen (secondary N) is 2. The predicted molar refractivity (Wildman–Crippen MR) is 83.0 cm³/mol. The fourth-order valence-electron chi connectivity index (χ4n) is 3.19. The van der Waals surface area contributed by atoms with Gasteiger partial charge >= 0.3 is 0 Å². The highest BCUT2D eigenvalue weighted by atomic mass is 16.5. The first-order valence-corrected chi connectivity index (χ1v) is 7.94. The third kappa shape index (κ3) is 3.05. The Morgan fingerprint density at radius 1 is 1.27 bits per heavy atom. The molecule has 0 bridgehead atoms. The first kappa shape index (κ1) is 14.8. The molecule has 0 unspecified atom stereocenters. The van der Waals surface area contributed by atoms with Gasteiger partial charge in [0.05, 0.1) is 5.69 Å². The van der Waals surface area contributed by atoms with E-state index >= 15 is 0 Å². The molecule has 0 atom stereocenters. The van der Waals surface area contributed by atoms with E-state index in [1.54, 1.807) is 13.8 Å². The van der Waals surface area contributed by atoms with Crippen molar-refractivity contribution in [1.82, 2.24) is 15.4 Å². The van der Waals surface area contributed by atoms with Gasteiger partial charge in [0, 0.05) is 17.7 Å². The Morgan fingerprint density at radius 3 is 2.64 bits per heavy atom. The van der Waals surface area contributed by atoms with Crippen molar-refractivity contribution in [1.29, 1.82) is 0 Å². The van der Waals surface area contributed by atoms with Crippen molar-refractivity contribution in [2.45, 2.75) is 58.3 Å². The van der Waals surface area contributed by atoms with Gasteiger partial charge in [0.2, 0.25) is 0 Å². The molecule has 2 N–H and O–H groups in total. The topological polar surface area (TPSA) is 83.8 Å². The average molecular weight is 302 g/mol. The lowest BCUT2D eigenvalue weighted by molar-refractivity contribution is 0.102. The van der Waals surface area contributed by atoms with E-state index in [-0.39, 0.29) is 5.91 Å². The lowest BCUT2D eigenvalue weighted by Gasteiger charge is -2.10. The summed E-state index contributed by atoms with van der Waals surface area (Å²) in [5, 5.41) is 13.9. The number of aromatic nitrogens is 3. The quantitative estimate of drug-likeness (QED) is 0.847. The van der Waals surface area contributed by atoms with Gasteiger partial charge in [0.15, 0.2) is 5.82 Å². The highest BCUT2D eigenvalue weighted by Crippen LogP contribution is 2.31. The minimum Gasteiger partial charge on any atom is -0.361 e. The third-order valence-electron chi connectivity index (χ3n) is 4.39. The number of aryl methyl sites for hydroxylation is 2. The van der Waals surface area contributed by atoms with Gasteiger partial charge in [-0.3, -0.25) is 9.89 Å². The van der Waals surface area contributed by atoms with Crippen LogP contribution in [0, 0.1) is 13.8 Å². The van der Waals surface area contributed by atoms with E-state index < -0.39 is 0 Å². The van der Waals surface area contributed by atoms with E-state index in [9.17, 15) is 4.79 Å². The highest BCUT2D eigenvalue weighted by Gasteiger charge is 2.20. The second kappa shape index (κ2) is 6.34. The molecule has 3 rings (SSSR count). The first-order valence-electron chi connectivity index (χ1n) is 7.94. The van der Waals surface area contributed by atoms with Crippen molar-refractivity contribution in [2.24, 2.45) is 0 Å². The summed E-state index contributed by atoms with van der Waals surface area (Å²) in [5.74, 6) is 1.38. The zero-order valence-electron chi connectivity index (χ0n) is 13.1. The van der Waals surface area contributed by atoms with E-state index in [2.05, 4.69) is 20.7 Å². The molecule has 0 aromatic carbocycles. The van der Waals surface area contributed by atoms with Gasteiger partial charge in [-0.15, -0.1) is 0 Å². The van der Waals surface area contributed by atoms with Crippen molar-refractivity contribution in [3.63, 3.8) is 0 Å². The SMILES string of the molecule is Cc1noc(C)c1C(=O)Nc1cc(C2CCCCCC2)[nH]n1. The molecular formula is C16H22N4O2. The van der Waals surface area contributed by atoms with E-state index in [1.807, 2.05) is 6.07 Å². The zero-order valence-corrected chi connectivity index (χ0v) is 13.1. The van der Waals surface area contributed by atoms with Gasteiger partial charge in [0.1, 0.15) is 11.3 Å². The van der Waals surface area contributed by atoms with Crippen LogP contribution in [0.4, 0.5) is 5.82 Å². The number of aromatic amines is 1. The largest absolute Gasteiger partial charge is 0.361 e. The molecule has 1 amide bonds. The maximum Gasteiger partial charge on any atom is 0.262 e. The normalized spacial score (nSPS) is 16.5. The van der Waals surface area contributed by atoms with Crippen molar-refractivity contribution in [3.05, 3.63) is 28.8 Å². The van der Waals surface area contributed by atoms with Crippen LogP contribution in [0.25, 0.3) is 0 Å². The standard InChI is InChI=1S/C16H22N4O2/c1-10-15(11(2)22-20-10)16(21)17-14-9-13(18-19-14)12-7-5-3-4-6-8-12/h9,12H,3-8H2,1-2H3,(H2,17,18,19,21). The molecule has 2 aromatic heterocycles. The molecule has 1 aliphatic rings. The Morgan fingerprint density at radius 2 is 2.00 bits per heavy atom. The van der Waals surface area contributed by atoms with Crippen molar-refractivity contribution < 1.29 is 9.32 Å². The van der Waals surface area contributed by atoms with Crippen LogP contribution < -0.4 is 5.32 Å². The maximum atomic E-state index is 12.3. The molecular weight excluding hydrogens is 280 g/mol. The highest BCUT2D eigenvalue weighted by molar-refractivity contribution is 6.05. The average Bonchev–Trinajstić information content (AvgIpc) is 2.96. The molecule has 0 radical (unpaired) electrons. The lowest BCUT2D eigenvalue weighted by atomic mass is 9.97. The number of hydrogen-bond acceptors (Lipinski definition) is 4. The van der Waals surface area contributed by atoms with Crippen molar-refractivity contribution in [2.75, 3.05) is 5.32 Å². The molecule has 2 heterocycles. The van der Waals surface area contributed by atoms with E-state index in [0.29, 0.717) is 28.8 Å². The molecule has 0 saturated heterocycles. The summed E-state index contributed by atoms with van der Waals surface area (Å²) in [6, 6.07) is 1.95. The van der Waals surface area contributed by atoms with Gasteiger partial charge in [0.25, 0.3) is 5.91 Å². The molecule has 118 valence electrons. The third-order valence-corrected chi connectivity index (χ3v) is 4.39. The number of amides is 1. The number of rotatable bonds is 3. The number of hydrogen-bond donors (Lipinski definition) is 2. The fraction of sp³-hybridized carbons (Fsp3) is 0.562. The maximum absolute atomic E-state index is 12.3. The van der Waals surface area contributed by atoms with Gasteiger partial charge in [-0.25, -0.2) is 0 Å². The molecule has 22 heavy (non-hydrogen) atoms. The Hall–Kier alpha value is -2.11. The van der Waals surface area contributed by atoms with E-state index in [1.165, 1.54) is 38.5 Å². The number of nitrogens with zero attached hydrogens (tertiary/aromatic N) is 2. The molecule has 0 aliphatic heterocycles. The number of H-pyrrole nitrogens is 1. The van der Waals surface area contributed by atoms with Gasteiger partial charge in [-0.05, 0) is 26.7 Å². The van der Waals surface area contributed by atoms with Crippen LogP contribution in [0.15, 0.2) is 10.6 Å². The Bertz CT molecular complexity index is 631. The summed E-state index contributed by atoms with van der Waals surface area (Å²) in [5.41, 5.74) is 2.20. The van der Waals surface area contributed by atoms with Gasteiger partial charge in [-0.2, -0.15) is 5.10 Å². The van der Waals surface area contributed by atoms with Crippen LogP contribution in [0.2, 0.25) is 0 Å². The molecule has 1 aliphatic carbocycles. The molecule has 2 aromatic rings. The Balaban J connectivity index is 1.70. The van der Waals surface area contributed by atoms with Crippen LogP contribution in [0.5, 0.6) is 0 Å². The van der Waals surface area contributed by atoms with E-state index in [0.717, 1.165) is 5.69 Å². The molecule has 6 nitrogen and oxygen atoms in total. The summed E-state index contributed by atoms with van der Waals surface area (Å²) >= 11 is 0. The van der Waals surface area contributed by atoms with Crippen LogP contribution in [-0.2, 0) is 0 Å². The van der Waals surface area contributed by atoms with Crippen molar-refractivity contribution >= 4 is 11.7 Å². The van der Waals surface area contributed by atoms with Crippen molar-refractivity contribution in [3.8, 4) is 0 Å². The second-order valence-electron chi connectivity index (χ2n) is 6.05. The fourth-order valence-corrected chi connectivity index (χ4v) is 3.19. The summed E-state index contributed by atoms with van der Waals surface area (Å²) < 4.78 is 5.03. The summed E-state index contributed by atoms with van der Waals surface area (Å²) in [7, 11) is 0. The Kier molecular flexibility index (Phi) is 4.27. The van der Waals surface area contributed by atoms with E-state index in [4.69, 9.17) is 4.52 Å². The number of carbonyl (C=O) groups is 1. The van der Waals surface area contributed by atoms with Crippen LogP contribution in [-0.4, -0.2) is 21.3 Å². The molecule has 6 heteroatoms. The minimum atomic E-state index is -0.227.